The van der Waals surface area contributed by atoms with Gasteiger partial charge in [0.2, 0.25) is 5.91 Å². The zero-order valence-corrected chi connectivity index (χ0v) is 18.0. The highest BCUT2D eigenvalue weighted by Crippen LogP contribution is 2.30. The summed E-state index contributed by atoms with van der Waals surface area (Å²) >= 11 is 4.44. The third-order valence-electron chi connectivity index (χ3n) is 4.60. The van der Waals surface area contributed by atoms with Crippen LogP contribution in [0.15, 0.2) is 38.3 Å². The molecule has 1 aromatic carbocycles. The maximum atomic E-state index is 13.6. The zero-order chi connectivity index (χ0) is 19.6. The fourth-order valence-corrected chi connectivity index (χ4v) is 6.71. The summed E-state index contributed by atoms with van der Waals surface area (Å²) in [4.78, 5) is 12.5. The number of hydrogen-bond donors (Lipinski definition) is 1. The Kier molecular flexibility index (Phi) is 6.35. The van der Waals surface area contributed by atoms with Crippen LogP contribution < -0.4 is 5.32 Å². The van der Waals surface area contributed by atoms with Gasteiger partial charge < -0.3 is 5.32 Å². The lowest BCUT2D eigenvalue weighted by Gasteiger charge is -2.30. The number of nitrogens with zero attached hydrogens (tertiary/aromatic N) is 1. The van der Waals surface area contributed by atoms with Crippen LogP contribution >= 0.6 is 27.3 Å². The van der Waals surface area contributed by atoms with Gasteiger partial charge in [0.25, 0.3) is 10.0 Å². The molecule has 0 bridgehead atoms. The maximum Gasteiger partial charge on any atom is 0.252 e. The molecule has 5 nitrogen and oxygen atoms in total. The van der Waals surface area contributed by atoms with Crippen LogP contribution in [-0.4, -0.2) is 31.7 Å². The second-order valence-corrected chi connectivity index (χ2v) is 11.2. The Hall–Kier alpha value is -1.29. The average Bonchev–Trinajstić information content (AvgIpc) is 3.10. The number of benzene rings is 1. The molecule has 1 saturated heterocycles. The van der Waals surface area contributed by atoms with E-state index in [4.69, 9.17) is 0 Å². The first-order valence-corrected chi connectivity index (χ1v) is 11.6. The van der Waals surface area contributed by atoms with Crippen LogP contribution in [0.2, 0.25) is 0 Å². The van der Waals surface area contributed by atoms with Gasteiger partial charge in [-0.1, -0.05) is 12.1 Å². The molecule has 1 unspecified atom stereocenters. The van der Waals surface area contributed by atoms with Crippen molar-refractivity contribution in [1.82, 2.24) is 9.62 Å². The number of aryl methyl sites for hydroxylation is 1. The highest BCUT2D eigenvalue weighted by atomic mass is 79.9. The Morgan fingerprint density at radius 3 is 2.81 bits per heavy atom. The van der Waals surface area contributed by atoms with E-state index >= 15 is 0 Å². The third-order valence-corrected chi connectivity index (χ3v) is 8.56. The highest BCUT2D eigenvalue weighted by molar-refractivity contribution is 9.11. The molecular weight excluding hydrogens is 455 g/mol. The quantitative estimate of drug-likeness (QED) is 0.718. The van der Waals surface area contributed by atoms with Crippen molar-refractivity contribution in [1.29, 1.82) is 0 Å². The molecule has 1 amide bonds. The molecule has 1 fully saturated rings. The van der Waals surface area contributed by atoms with E-state index in [-0.39, 0.29) is 29.0 Å². The van der Waals surface area contributed by atoms with Gasteiger partial charge in [0, 0.05) is 19.6 Å². The summed E-state index contributed by atoms with van der Waals surface area (Å²) in [6.45, 7) is 2.47. The standard InChI is InChI=1S/C18H20BrFN2O3S2/c1-12-4-5-13(9-15(12)20)10-21-18(23)14-3-2-8-22(11-14)27(24,25)17-7-6-16(19)26-17/h4-7,9,14H,2-3,8,10-11H2,1H3,(H,21,23). The second kappa shape index (κ2) is 8.38. The predicted octanol–water partition coefficient (Wildman–Crippen LogP) is 3.68. The number of nitrogens with one attached hydrogen (secondary N) is 1. The zero-order valence-electron chi connectivity index (χ0n) is 14.7. The van der Waals surface area contributed by atoms with Crippen molar-refractivity contribution in [3.05, 3.63) is 51.1 Å². The van der Waals surface area contributed by atoms with E-state index in [9.17, 15) is 17.6 Å². The van der Waals surface area contributed by atoms with Gasteiger partial charge in [0.15, 0.2) is 0 Å². The van der Waals surface area contributed by atoms with Crippen molar-refractivity contribution in [3.8, 4) is 0 Å². The van der Waals surface area contributed by atoms with Crippen molar-refractivity contribution in [2.45, 2.75) is 30.5 Å². The van der Waals surface area contributed by atoms with E-state index in [2.05, 4.69) is 21.2 Å². The summed E-state index contributed by atoms with van der Waals surface area (Å²) in [5.74, 6) is -0.922. The highest BCUT2D eigenvalue weighted by Gasteiger charge is 2.34. The fourth-order valence-electron chi connectivity index (χ4n) is 3.02. The van der Waals surface area contributed by atoms with Gasteiger partial charge in [0.1, 0.15) is 10.0 Å². The van der Waals surface area contributed by atoms with Gasteiger partial charge in [-0.05, 0) is 65.0 Å². The summed E-state index contributed by atoms with van der Waals surface area (Å²) in [6.07, 6.45) is 1.26. The first-order chi connectivity index (χ1) is 12.8. The van der Waals surface area contributed by atoms with Crippen LogP contribution in [0.5, 0.6) is 0 Å². The Labute approximate surface area is 170 Å². The Bertz CT molecular complexity index is 946. The van der Waals surface area contributed by atoms with Crippen molar-refractivity contribution in [2.75, 3.05) is 13.1 Å². The van der Waals surface area contributed by atoms with E-state index in [0.717, 1.165) is 15.1 Å². The van der Waals surface area contributed by atoms with E-state index in [0.29, 0.717) is 30.5 Å². The van der Waals surface area contributed by atoms with Gasteiger partial charge >= 0.3 is 0 Å². The van der Waals surface area contributed by atoms with Crippen LogP contribution in [0.25, 0.3) is 0 Å². The number of carbonyl (C=O) groups excluding carboxylic acids is 1. The van der Waals surface area contributed by atoms with Gasteiger partial charge in [0.05, 0.1) is 9.70 Å². The lowest BCUT2D eigenvalue weighted by molar-refractivity contribution is -0.126. The summed E-state index contributed by atoms with van der Waals surface area (Å²) in [6, 6.07) is 8.11. The van der Waals surface area contributed by atoms with Crippen LogP contribution in [-0.2, 0) is 21.4 Å². The number of rotatable bonds is 5. The number of sulfonamides is 1. The van der Waals surface area contributed by atoms with Gasteiger partial charge in [-0.2, -0.15) is 4.31 Å². The van der Waals surface area contributed by atoms with Crippen molar-refractivity contribution in [2.24, 2.45) is 5.92 Å². The summed E-state index contributed by atoms with van der Waals surface area (Å²) < 4.78 is 41.5. The molecule has 0 spiro atoms. The van der Waals surface area contributed by atoms with E-state index < -0.39 is 15.9 Å². The number of carbonyl (C=O) groups is 1. The van der Waals surface area contributed by atoms with Gasteiger partial charge in [-0.25, -0.2) is 12.8 Å². The van der Waals surface area contributed by atoms with Crippen molar-refractivity contribution in [3.63, 3.8) is 0 Å². The summed E-state index contributed by atoms with van der Waals surface area (Å²) in [7, 11) is -3.59. The molecule has 27 heavy (non-hydrogen) atoms. The molecule has 9 heteroatoms. The molecule has 1 aliphatic heterocycles. The SMILES string of the molecule is Cc1ccc(CNC(=O)C2CCCN(S(=O)(=O)c3ccc(Br)s3)C2)cc1F. The monoisotopic (exact) mass is 474 g/mol. The number of piperidine rings is 1. The maximum absolute atomic E-state index is 13.6. The minimum absolute atomic E-state index is 0.159. The molecule has 1 N–H and O–H groups in total. The van der Waals surface area contributed by atoms with Crippen LogP contribution in [0.3, 0.4) is 0 Å². The normalized spacial score (nSPS) is 18.4. The Morgan fingerprint density at radius 2 is 2.15 bits per heavy atom. The lowest BCUT2D eigenvalue weighted by atomic mass is 9.98. The third kappa shape index (κ3) is 4.77. The van der Waals surface area contributed by atoms with Crippen LogP contribution in [0.1, 0.15) is 24.0 Å². The number of halogens is 2. The number of amides is 1. The largest absolute Gasteiger partial charge is 0.352 e. The molecule has 3 rings (SSSR count). The van der Waals surface area contributed by atoms with Gasteiger partial charge in [-0.3, -0.25) is 4.79 Å². The molecule has 0 radical (unpaired) electrons. The predicted molar refractivity (Wildman–Crippen MR) is 106 cm³/mol. The molecule has 1 aliphatic rings. The average molecular weight is 475 g/mol. The van der Waals surface area contributed by atoms with Gasteiger partial charge in [-0.15, -0.1) is 11.3 Å². The fraction of sp³-hybridized carbons (Fsp3) is 0.389. The smallest absolute Gasteiger partial charge is 0.252 e. The molecule has 2 heterocycles. The molecular formula is C18H20BrFN2O3S2. The molecule has 0 saturated carbocycles. The summed E-state index contributed by atoms with van der Waals surface area (Å²) in [5, 5.41) is 2.80. The Morgan fingerprint density at radius 1 is 1.37 bits per heavy atom. The van der Waals surface area contributed by atoms with Crippen molar-refractivity contribution >= 4 is 43.2 Å². The number of thiophene rings is 1. The number of hydrogen-bond acceptors (Lipinski definition) is 4. The van der Waals surface area contributed by atoms with Crippen LogP contribution in [0, 0.1) is 18.7 Å². The first-order valence-electron chi connectivity index (χ1n) is 8.55. The van der Waals surface area contributed by atoms with Crippen LogP contribution in [0.4, 0.5) is 4.39 Å². The molecule has 1 aromatic heterocycles. The van der Waals surface area contributed by atoms with E-state index in [1.54, 1.807) is 31.2 Å². The molecule has 0 aliphatic carbocycles. The van der Waals surface area contributed by atoms with E-state index in [1.807, 2.05) is 0 Å². The first kappa shape index (κ1) is 20.4. The topological polar surface area (TPSA) is 66.5 Å². The second-order valence-electron chi connectivity index (χ2n) is 6.56. The van der Waals surface area contributed by atoms with Crippen molar-refractivity contribution < 1.29 is 17.6 Å². The van der Waals surface area contributed by atoms with E-state index in [1.165, 1.54) is 10.4 Å². The minimum Gasteiger partial charge on any atom is -0.352 e. The lowest BCUT2D eigenvalue weighted by Crippen LogP contribution is -2.45. The minimum atomic E-state index is -3.59. The molecule has 2 aromatic rings. The summed E-state index contributed by atoms with van der Waals surface area (Å²) in [5.41, 5.74) is 1.23. The molecule has 146 valence electrons. The Balaban J connectivity index is 1.63. The molecule has 1 atom stereocenters.